The van der Waals surface area contributed by atoms with Gasteiger partial charge in [-0.3, -0.25) is 0 Å². The van der Waals surface area contributed by atoms with Crippen LogP contribution in [-0.4, -0.2) is 18.8 Å². The standard InChI is InChI=1S/C15H22O3/c1-17-15-7-6-13(9-16)8-14(15)11-18-10-12-4-2-3-5-12/h6-8,12,16H,2-5,9-11H2,1H3. The summed E-state index contributed by atoms with van der Waals surface area (Å²) in [6.07, 6.45) is 5.29. The number of hydrogen-bond donors (Lipinski definition) is 1. The number of rotatable bonds is 6. The fourth-order valence-electron chi connectivity index (χ4n) is 2.56. The van der Waals surface area contributed by atoms with E-state index in [0.717, 1.165) is 29.4 Å². The van der Waals surface area contributed by atoms with Crippen LogP contribution in [0.1, 0.15) is 36.8 Å². The summed E-state index contributed by atoms with van der Waals surface area (Å²) in [5.74, 6) is 1.57. The fraction of sp³-hybridized carbons (Fsp3) is 0.600. The third kappa shape index (κ3) is 3.47. The van der Waals surface area contributed by atoms with Crippen molar-refractivity contribution in [3.05, 3.63) is 29.3 Å². The molecule has 0 saturated heterocycles. The van der Waals surface area contributed by atoms with E-state index in [0.29, 0.717) is 6.61 Å². The number of hydrogen-bond acceptors (Lipinski definition) is 3. The molecular formula is C15H22O3. The lowest BCUT2D eigenvalue weighted by Crippen LogP contribution is -2.06. The topological polar surface area (TPSA) is 38.7 Å². The Balaban J connectivity index is 1.89. The van der Waals surface area contributed by atoms with Gasteiger partial charge in [-0.05, 0) is 36.5 Å². The molecule has 1 aliphatic carbocycles. The van der Waals surface area contributed by atoms with Gasteiger partial charge in [0, 0.05) is 12.2 Å². The van der Waals surface area contributed by atoms with Gasteiger partial charge < -0.3 is 14.6 Å². The van der Waals surface area contributed by atoms with Gasteiger partial charge in [0.25, 0.3) is 0 Å². The molecule has 0 aliphatic heterocycles. The first-order valence-electron chi connectivity index (χ1n) is 6.68. The van der Waals surface area contributed by atoms with Crippen molar-refractivity contribution >= 4 is 0 Å². The minimum absolute atomic E-state index is 0.0552. The molecular weight excluding hydrogens is 228 g/mol. The van der Waals surface area contributed by atoms with Crippen LogP contribution in [-0.2, 0) is 18.0 Å². The predicted molar refractivity (Wildman–Crippen MR) is 70.5 cm³/mol. The van der Waals surface area contributed by atoms with Gasteiger partial charge in [-0.15, -0.1) is 0 Å². The van der Waals surface area contributed by atoms with Crippen molar-refractivity contribution in [3.63, 3.8) is 0 Å². The summed E-state index contributed by atoms with van der Waals surface area (Å²) in [7, 11) is 1.66. The highest BCUT2D eigenvalue weighted by atomic mass is 16.5. The van der Waals surface area contributed by atoms with Crippen molar-refractivity contribution in [3.8, 4) is 5.75 Å². The maximum atomic E-state index is 9.14. The van der Waals surface area contributed by atoms with Crippen molar-refractivity contribution in [2.75, 3.05) is 13.7 Å². The highest BCUT2D eigenvalue weighted by molar-refractivity contribution is 5.36. The molecule has 0 bridgehead atoms. The van der Waals surface area contributed by atoms with Crippen LogP contribution in [0, 0.1) is 5.92 Å². The summed E-state index contributed by atoms with van der Waals surface area (Å²) in [4.78, 5) is 0. The first kappa shape index (κ1) is 13.4. The molecule has 1 fully saturated rings. The van der Waals surface area contributed by atoms with Crippen LogP contribution in [0.5, 0.6) is 5.75 Å². The van der Waals surface area contributed by atoms with E-state index in [1.165, 1.54) is 25.7 Å². The molecule has 1 aromatic carbocycles. The molecule has 0 aromatic heterocycles. The van der Waals surface area contributed by atoms with E-state index < -0.39 is 0 Å². The second kappa shape index (κ2) is 6.76. The summed E-state index contributed by atoms with van der Waals surface area (Å²) >= 11 is 0. The zero-order chi connectivity index (χ0) is 12.8. The Kier molecular flexibility index (Phi) is 5.02. The van der Waals surface area contributed by atoms with E-state index >= 15 is 0 Å². The molecule has 0 unspecified atom stereocenters. The van der Waals surface area contributed by atoms with E-state index in [1.807, 2.05) is 18.2 Å². The molecule has 0 radical (unpaired) electrons. The number of benzene rings is 1. The van der Waals surface area contributed by atoms with Crippen LogP contribution in [0.3, 0.4) is 0 Å². The monoisotopic (exact) mass is 250 g/mol. The van der Waals surface area contributed by atoms with Crippen molar-refractivity contribution < 1.29 is 14.6 Å². The molecule has 18 heavy (non-hydrogen) atoms. The van der Waals surface area contributed by atoms with Crippen molar-refractivity contribution in [2.45, 2.75) is 38.9 Å². The summed E-state index contributed by atoms with van der Waals surface area (Å²) in [5.41, 5.74) is 1.91. The van der Waals surface area contributed by atoms with Crippen LogP contribution in [0.15, 0.2) is 18.2 Å². The van der Waals surface area contributed by atoms with Crippen LogP contribution in [0.4, 0.5) is 0 Å². The predicted octanol–water partition coefficient (Wildman–Crippen LogP) is 2.89. The average Bonchev–Trinajstić information content (AvgIpc) is 2.92. The van der Waals surface area contributed by atoms with Crippen LogP contribution < -0.4 is 4.74 Å². The van der Waals surface area contributed by atoms with E-state index in [1.54, 1.807) is 7.11 Å². The first-order valence-corrected chi connectivity index (χ1v) is 6.68. The molecule has 0 heterocycles. The third-order valence-corrected chi connectivity index (χ3v) is 3.61. The van der Waals surface area contributed by atoms with E-state index in [4.69, 9.17) is 14.6 Å². The van der Waals surface area contributed by atoms with Gasteiger partial charge in [0.05, 0.1) is 20.3 Å². The van der Waals surface area contributed by atoms with Crippen LogP contribution in [0.25, 0.3) is 0 Å². The number of methoxy groups -OCH3 is 1. The van der Waals surface area contributed by atoms with Gasteiger partial charge in [-0.25, -0.2) is 0 Å². The molecule has 100 valence electrons. The van der Waals surface area contributed by atoms with E-state index in [9.17, 15) is 0 Å². The van der Waals surface area contributed by atoms with Crippen molar-refractivity contribution in [2.24, 2.45) is 5.92 Å². The van der Waals surface area contributed by atoms with Gasteiger partial charge in [-0.2, -0.15) is 0 Å². The minimum atomic E-state index is 0.0552. The Morgan fingerprint density at radius 1 is 1.28 bits per heavy atom. The Labute approximate surface area is 109 Å². The Morgan fingerprint density at radius 3 is 2.72 bits per heavy atom. The molecule has 1 aromatic rings. The average molecular weight is 250 g/mol. The Bertz CT molecular complexity index is 370. The number of aliphatic hydroxyl groups is 1. The van der Waals surface area contributed by atoms with Crippen LogP contribution >= 0.6 is 0 Å². The lowest BCUT2D eigenvalue weighted by molar-refractivity contribution is 0.0873. The number of aliphatic hydroxyl groups excluding tert-OH is 1. The fourth-order valence-corrected chi connectivity index (χ4v) is 2.56. The Hall–Kier alpha value is -1.06. The van der Waals surface area contributed by atoms with Crippen molar-refractivity contribution in [1.29, 1.82) is 0 Å². The van der Waals surface area contributed by atoms with Gasteiger partial charge in [-0.1, -0.05) is 18.9 Å². The lowest BCUT2D eigenvalue weighted by atomic mass is 10.1. The van der Waals surface area contributed by atoms with E-state index in [-0.39, 0.29) is 6.61 Å². The number of ether oxygens (including phenoxy) is 2. The molecule has 0 spiro atoms. The Morgan fingerprint density at radius 2 is 2.06 bits per heavy atom. The smallest absolute Gasteiger partial charge is 0.124 e. The zero-order valence-electron chi connectivity index (χ0n) is 11.0. The summed E-state index contributed by atoms with van der Waals surface area (Å²) < 4.78 is 11.1. The van der Waals surface area contributed by atoms with E-state index in [2.05, 4.69) is 0 Å². The largest absolute Gasteiger partial charge is 0.496 e. The lowest BCUT2D eigenvalue weighted by Gasteiger charge is -2.13. The SMILES string of the molecule is COc1ccc(CO)cc1COCC1CCCC1. The maximum absolute atomic E-state index is 9.14. The summed E-state index contributed by atoms with van der Waals surface area (Å²) in [5, 5.41) is 9.14. The second-order valence-corrected chi connectivity index (χ2v) is 4.97. The molecule has 1 saturated carbocycles. The summed E-state index contributed by atoms with van der Waals surface area (Å²) in [6.45, 7) is 1.46. The van der Waals surface area contributed by atoms with Gasteiger partial charge in [0.1, 0.15) is 5.75 Å². The quantitative estimate of drug-likeness (QED) is 0.843. The van der Waals surface area contributed by atoms with Gasteiger partial charge in [0.2, 0.25) is 0 Å². The maximum Gasteiger partial charge on any atom is 0.124 e. The van der Waals surface area contributed by atoms with Gasteiger partial charge >= 0.3 is 0 Å². The zero-order valence-corrected chi connectivity index (χ0v) is 11.0. The summed E-state index contributed by atoms with van der Waals surface area (Å²) in [6, 6.07) is 5.71. The first-order chi connectivity index (χ1) is 8.83. The minimum Gasteiger partial charge on any atom is -0.496 e. The molecule has 0 atom stereocenters. The highest BCUT2D eigenvalue weighted by Gasteiger charge is 2.15. The van der Waals surface area contributed by atoms with Gasteiger partial charge in [0.15, 0.2) is 0 Å². The molecule has 2 rings (SSSR count). The molecule has 1 N–H and O–H groups in total. The second-order valence-electron chi connectivity index (χ2n) is 4.97. The molecule has 1 aliphatic rings. The molecule has 0 amide bonds. The third-order valence-electron chi connectivity index (χ3n) is 3.61. The molecule has 3 nitrogen and oxygen atoms in total. The van der Waals surface area contributed by atoms with Crippen molar-refractivity contribution in [1.82, 2.24) is 0 Å². The van der Waals surface area contributed by atoms with Crippen LogP contribution in [0.2, 0.25) is 0 Å². The normalized spacial score (nSPS) is 16.1. The molecule has 3 heteroatoms. The highest BCUT2D eigenvalue weighted by Crippen LogP contribution is 2.26.